The van der Waals surface area contributed by atoms with Gasteiger partial charge < -0.3 is 11.1 Å². The first-order valence-electron chi connectivity index (χ1n) is 6.50. The fourth-order valence-electron chi connectivity index (χ4n) is 2.88. The molecule has 2 rings (SSSR count). The minimum absolute atomic E-state index is 0.118. The van der Waals surface area contributed by atoms with E-state index in [0.29, 0.717) is 28.7 Å². The lowest BCUT2D eigenvalue weighted by Crippen LogP contribution is -2.27. The average molecular weight is 281 g/mol. The van der Waals surface area contributed by atoms with E-state index < -0.39 is 0 Å². The van der Waals surface area contributed by atoms with Gasteiger partial charge in [-0.25, -0.2) is 0 Å². The van der Waals surface area contributed by atoms with Crippen LogP contribution in [0.5, 0.6) is 0 Å². The van der Waals surface area contributed by atoms with Gasteiger partial charge in [-0.2, -0.15) is 0 Å². The zero-order valence-corrected chi connectivity index (χ0v) is 12.6. The van der Waals surface area contributed by atoms with Crippen molar-refractivity contribution in [3.05, 3.63) is 28.8 Å². The second-order valence-corrected chi connectivity index (χ2v) is 6.92. The molecule has 0 heterocycles. The highest BCUT2D eigenvalue weighted by atomic mass is 35.5. The molecule has 104 valence electrons. The lowest BCUT2D eigenvalue weighted by Gasteiger charge is -2.07. The molecule has 0 spiro atoms. The Kier molecular flexibility index (Phi) is 3.29. The van der Waals surface area contributed by atoms with Crippen LogP contribution in [0.1, 0.15) is 38.1 Å². The van der Waals surface area contributed by atoms with Crippen molar-refractivity contribution in [3.8, 4) is 0 Å². The predicted octanol–water partition coefficient (Wildman–Crippen LogP) is 3.33. The number of amides is 1. The number of carbonyl (C=O) groups excluding carboxylic acids is 1. The van der Waals surface area contributed by atoms with Gasteiger partial charge in [-0.1, -0.05) is 39.3 Å². The Hall–Kier alpha value is -1.22. The molecule has 1 fully saturated rings. The van der Waals surface area contributed by atoms with Gasteiger partial charge in [0.2, 0.25) is 0 Å². The van der Waals surface area contributed by atoms with Gasteiger partial charge in [0.1, 0.15) is 0 Å². The number of halogens is 1. The highest BCUT2D eigenvalue weighted by Gasteiger charge is 2.64. The van der Waals surface area contributed by atoms with E-state index in [1.54, 1.807) is 18.2 Å². The van der Waals surface area contributed by atoms with E-state index in [9.17, 15) is 4.79 Å². The molecular formula is C15H21ClN2O. The zero-order valence-electron chi connectivity index (χ0n) is 11.9. The molecular weight excluding hydrogens is 260 g/mol. The van der Waals surface area contributed by atoms with Crippen molar-refractivity contribution < 1.29 is 4.79 Å². The normalized spacial score (nSPS) is 20.1. The molecule has 0 saturated heterocycles. The molecule has 1 saturated carbocycles. The first kappa shape index (κ1) is 14.2. The van der Waals surface area contributed by atoms with Crippen molar-refractivity contribution in [1.82, 2.24) is 5.32 Å². The number of nitrogens with one attached hydrogen (secondary N) is 1. The number of rotatable bonds is 3. The van der Waals surface area contributed by atoms with Gasteiger partial charge in [0.25, 0.3) is 5.91 Å². The number of hydrogen-bond acceptors (Lipinski definition) is 2. The summed E-state index contributed by atoms with van der Waals surface area (Å²) in [4.78, 5) is 12.1. The van der Waals surface area contributed by atoms with Crippen molar-refractivity contribution in [2.75, 3.05) is 12.3 Å². The lowest BCUT2D eigenvalue weighted by molar-refractivity contribution is 0.0950. The van der Waals surface area contributed by atoms with Gasteiger partial charge in [-0.3, -0.25) is 4.79 Å². The maximum Gasteiger partial charge on any atom is 0.251 e. The maximum absolute atomic E-state index is 12.1. The summed E-state index contributed by atoms with van der Waals surface area (Å²) in [6.45, 7) is 9.63. The summed E-state index contributed by atoms with van der Waals surface area (Å²) < 4.78 is 0. The van der Waals surface area contributed by atoms with E-state index in [4.69, 9.17) is 17.3 Å². The summed E-state index contributed by atoms with van der Waals surface area (Å²) >= 11 is 5.90. The second-order valence-electron chi connectivity index (χ2n) is 6.48. The van der Waals surface area contributed by atoms with Crippen molar-refractivity contribution >= 4 is 23.2 Å². The molecule has 0 aromatic heterocycles. The van der Waals surface area contributed by atoms with Crippen LogP contribution in [0.3, 0.4) is 0 Å². The lowest BCUT2D eigenvalue weighted by atomic mass is 10.0. The highest BCUT2D eigenvalue weighted by molar-refractivity contribution is 6.31. The molecule has 0 unspecified atom stereocenters. The Morgan fingerprint density at radius 3 is 2.32 bits per heavy atom. The molecule has 0 radical (unpaired) electrons. The maximum atomic E-state index is 12.1. The molecule has 19 heavy (non-hydrogen) atoms. The zero-order chi connectivity index (χ0) is 14.4. The summed E-state index contributed by atoms with van der Waals surface area (Å²) in [5.74, 6) is 0.383. The van der Waals surface area contributed by atoms with Crippen LogP contribution in [0.2, 0.25) is 5.02 Å². The number of benzene rings is 1. The van der Waals surface area contributed by atoms with Crippen LogP contribution in [0.4, 0.5) is 5.69 Å². The Balaban J connectivity index is 2.00. The number of nitrogens with two attached hydrogens (primary N) is 1. The SMILES string of the molecule is CC1(C)C(CNC(=O)c2cc(N)cc(Cl)c2)C1(C)C. The summed E-state index contributed by atoms with van der Waals surface area (Å²) in [6.07, 6.45) is 0. The molecule has 3 N–H and O–H groups in total. The van der Waals surface area contributed by atoms with E-state index in [1.807, 2.05) is 0 Å². The van der Waals surface area contributed by atoms with Gasteiger partial charge in [0, 0.05) is 22.8 Å². The molecule has 0 aliphatic heterocycles. The Morgan fingerprint density at radius 1 is 1.26 bits per heavy atom. The van der Waals surface area contributed by atoms with Crippen LogP contribution in [-0.2, 0) is 0 Å². The fraction of sp³-hybridized carbons (Fsp3) is 0.533. The molecule has 0 atom stereocenters. The number of carbonyl (C=O) groups is 1. The Bertz CT molecular complexity index is 489. The third kappa shape index (κ3) is 2.44. The van der Waals surface area contributed by atoms with Gasteiger partial charge in [-0.15, -0.1) is 0 Å². The molecule has 4 heteroatoms. The van der Waals surface area contributed by atoms with Crippen LogP contribution in [0.15, 0.2) is 18.2 Å². The quantitative estimate of drug-likeness (QED) is 0.835. The minimum Gasteiger partial charge on any atom is -0.399 e. The standard InChI is InChI=1S/C15H21ClN2O/c1-14(2)12(15(14,3)4)8-18-13(19)9-5-10(16)7-11(17)6-9/h5-7,12H,8,17H2,1-4H3,(H,18,19). The smallest absolute Gasteiger partial charge is 0.251 e. The summed E-state index contributed by atoms with van der Waals surface area (Å²) in [5.41, 5.74) is 7.25. The van der Waals surface area contributed by atoms with Crippen molar-refractivity contribution in [1.29, 1.82) is 0 Å². The summed E-state index contributed by atoms with van der Waals surface area (Å²) in [6, 6.07) is 4.91. The van der Waals surface area contributed by atoms with Gasteiger partial charge in [-0.05, 0) is 34.9 Å². The minimum atomic E-state index is -0.118. The van der Waals surface area contributed by atoms with E-state index in [1.165, 1.54) is 0 Å². The monoisotopic (exact) mass is 280 g/mol. The Labute approximate surface area is 119 Å². The third-order valence-electron chi connectivity index (χ3n) is 4.97. The van der Waals surface area contributed by atoms with Crippen LogP contribution < -0.4 is 11.1 Å². The first-order chi connectivity index (χ1) is 8.66. The van der Waals surface area contributed by atoms with Crippen molar-refractivity contribution in [2.24, 2.45) is 16.7 Å². The van der Waals surface area contributed by atoms with Crippen molar-refractivity contribution in [3.63, 3.8) is 0 Å². The summed E-state index contributed by atoms with van der Waals surface area (Å²) in [7, 11) is 0. The molecule has 1 aliphatic carbocycles. The third-order valence-corrected chi connectivity index (χ3v) is 5.19. The van der Waals surface area contributed by atoms with Crippen LogP contribution >= 0.6 is 11.6 Å². The van der Waals surface area contributed by atoms with E-state index in [-0.39, 0.29) is 16.7 Å². The number of anilines is 1. The predicted molar refractivity (Wildman–Crippen MR) is 79.2 cm³/mol. The van der Waals surface area contributed by atoms with E-state index in [2.05, 4.69) is 33.0 Å². The van der Waals surface area contributed by atoms with Crippen molar-refractivity contribution in [2.45, 2.75) is 27.7 Å². The van der Waals surface area contributed by atoms with Crippen LogP contribution in [-0.4, -0.2) is 12.5 Å². The van der Waals surface area contributed by atoms with E-state index in [0.717, 1.165) is 0 Å². The van der Waals surface area contributed by atoms with E-state index >= 15 is 0 Å². The molecule has 1 aromatic carbocycles. The first-order valence-corrected chi connectivity index (χ1v) is 6.88. The molecule has 3 nitrogen and oxygen atoms in total. The van der Waals surface area contributed by atoms with Crippen LogP contribution in [0, 0.1) is 16.7 Å². The second kappa shape index (κ2) is 4.41. The Morgan fingerprint density at radius 2 is 1.84 bits per heavy atom. The largest absolute Gasteiger partial charge is 0.399 e. The number of nitrogen functional groups attached to an aromatic ring is 1. The molecule has 1 aromatic rings. The topological polar surface area (TPSA) is 55.1 Å². The van der Waals surface area contributed by atoms with Gasteiger partial charge in [0.05, 0.1) is 0 Å². The molecule has 1 aliphatic rings. The summed E-state index contributed by atoms with van der Waals surface area (Å²) in [5, 5.41) is 3.46. The van der Waals surface area contributed by atoms with Gasteiger partial charge >= 0.3 is 0 Å². The molecule has 0 bridgehead atoms. The fourth-order valence-corrected chi connectivity index (χ4v) is 3.13. The molecule has 1 amide bonds. The number of hydrogen-bond donors (Lipinski definition) is 2. The van der Waals surface area contributed by atoms with Crippen LogP contribution in [0.25, 0.3) is 0 Å². The average Bonchev–Trinajstić information content (AvgIpc) is 2.65. The van der Waals surface area contributed by atoms with Gasteiger partial charge in [0.15, 0.2) is 0 Å². The highest BCUT2D eigenvalue weighted by Crippen LogP contribution is 2.67.